The van der Waals surface area contributed by atoms with E-state index in [0.717, 1.165) is 16.5 Å². The van der Waals surface area contributed by atoms with E-state index in [1.165, 1.54) is 0 Å². The minimum Gasteiger partial charge on any atom is -0.326 e. The van der Waals surface area contributed by atoms with Gasteiger partial charge in [-0.25, -0.2) is 0 Å². The Balaban J connectivity index is 3.13. The lowest BCUT2D eigenvalue weighted by molar-refractivity contribution is 1.04. The zero-order valence-electron chi connectivity index (χ0n) is 6.55. The summed E-state index contributed by atoms with van der Waals surface area (Å²) in [5.74, 6) is 0. The summed E-state index contributed by atoms with van der Waals surface area (Å²) in [5, 5.41) is 9.40. The molecule has 0 spiro atoms. The molecule has 12 heavy (non-hydrogen) atoms. The van der Waals surface area contributed by atoms with Gasteiger partial charge in [0.2, 0.25) is 0 Å². The van der Waals surface area contributed by atoms with Crippen LogP contribution in [0.3, 0.4) is 0 Å². The van der Waals surface area contributed by atoms with Gasteiger partial charge in [-0.2, -0.15) is 5.26 Å². The van der Waals surface area contributed by atoms with Crippen LogP contribution in [0.15, 0.2) is 18.2 Å². The molecule has 0 heterocycles. The maximum Gasteiger partial charge on any atom is 0.0991 e. The van der Waals surface area contributed by atoms with Gasteiger partial charge in [0, 0.05) is 11.9 Å². The number of hydrogen-bond donors (Lipinski definition) is 1. The van der Waals surface area contributed by atoms with Crippen molar-refractivity contribution in [1.82, 2.24) is 0 Å². The van der Waals surface area contributed by atoms with E-state index in [4.69, 9.17) is 11.0 Å². The molecule has 0 saturated heterocycles. The Hall–Kier alpha value is -0.850. The average molecular weight is 225 g/mol. The average Bonchev–Trinajstić information content (AvgIpc) is 2.16. The summed E-state index contributed by atoms with van der Waals surface area (Å²) >= 11 is 3.36. The zero-order chi connectivity index (χ0) is 8.97. The summed E-state index contributed by atoms with van der Waals surface area (Å²) in [7, 11) is 0. The summed E-state index contributed by atoms with van der Waals surface area (Å²) in [6, 6.07) is 7.64. The molecule has 0 aliphatic carbocycles. The van der Waals surface area contributed by atoms with Gasteiger partial charge in [-0.15, -0.1) is 0 Å². The highest BCUT2D eigenvalue weighted by atomic mass is 79.9. The van der Waals surface area contributed by atoms with Crippen LogP contribution in [0.4, 0.5) is 0 Å². The molecule has 0 radical (unpaired) electrons. The van der Waals surface area contributed by atoms with Crippen LogP contribution in [0, 0.1) is 11.3 Å². The van der Waals surface area contributed by atoms with Crippen LogP contribution in [0.25, 0.3) is 0 Å². The number of hydrogen-bond acceptors (Lipinski definition) is 2. The van der Waals surface area contributed by atoms with Crippen molar-refractivity contribution in [3.63, 3.8) is 0 Å². The van der Waals surface area contributed by atoms with Crippen molar-refractivity contribution in [3.8, 4) is 6.07 Å². The Labute approximate surface area is 80.1 Å². The van der Waals surface area contributed by atoms with Crippen LogP contribution in [-0.4, -0.2) is 0 Å². The molecule has 0 amide bonds. The monoisotopic (exact) mass is 224 g/mol. The second kappa shape index (κ2) is 4.24. The first-order valence-electron chi connectivity index (χ1n) is 3.59. The molecule has 0 aliphatic rings. The molecular formula is C9H9BrN2. The third-order valence-corrected chi connectivity index (χ3v) is 2.30. The van der Waals surface area contributed by atoms with Crippen LogP contribution in [0.1, 0.15) is 16.7 Å². The third kappa shape index (κ3) is 1.84. The van der Waals surface area contributed by atoms with Crippen molar-refractivity contribution in [2.75, 3.05) is 0 Å². The van der Waals surface area contributed by atoms with Crippen LogP contribution in [-0.2, 0) is 11.9 Å². The molecule has 3 heteroatoms. The van der Waals surface area contributed by atoms with Gasteiger partial charge in [-0.05, 0) is 23.3 Å². The minimum atomic E-state index is 0.483. The summed E-state index contributed by atoms with van der Waals surface area (Å²) in [6.45, 7) is 0.483. The van der Waals surface area contributed by atoms with Gasteiger partial charge in [0.15, 0.2) is 0 Å². The minimum absolute atomic E-state index is 0.483. The first kappa shape index (κ1) is 9.24. The lowest BCUT2D eigenvalue weighted by atomic mass is 10.1. The fourth-order valence-electron chi connectivity index (χ4n) is 1.02. The summed E-state index contributed by atoms with van der Waals surface area (Å²) in [4.78, 5) is 0. The lowest BCUT2D eigenvalue weighted by Crippen LogP contribution is -2.00. The molecule has 0 fully saturated rings. The molecule has 1 rings (SSSR count). The van der Waals surface area contributed by atoms with Gasteiger partial charge >= 0.3 is 0 Å². The summed E-state index contributed by atoms with van der Waals surface area (Å²) in [5.41, 5.74) is 8.37. The van der Waals surface area contributed by atoms with Crippen molar-refractivity contribution >= 4 is 15.9 Å². The third-order valence-electron chi connectivity index (χ3n) is 1.70. The predicted octanol–water partition coefficient (Wildman–Crippen LogP) is 1.91. The maximum absolute atomic E-state index is 8.62. The first-order chi connectivity index (χ1) is 5.81. The van der Waals surface area contributed by atoms with Gasteiger partial charge < -0.3 is 5.73 Å². The zero-order valence-corrected chi connectivity index (χ0v) is 8.13. The fourth-order valence-corrected chi connectivity index (χ4v) is 1.56. The summed E-state index contributed by atoms with van der Waals surface area (Å²) in [6.07, 6.45) is 0. The summed E-state index contributed by atoms with van der Waals surface area (Å²) < 4.78 is 0. The number of benzene rings is 1. The number of nitrogens with two attached hydrogens (primary N) is 1. The predicted molar refractivity (Wildman–Crippen MR) is 51.7 cm³/mol. The number of halogens is 1. The molecular weight excluding hydrogens is 216 g/mol. The number of alkyl halides is 1. The molecule has 0 bridgehead atoms. The smallest absolute Gasteiger partial charge is 0.0991 e. The van der Waals surface area contributed by atoms with Crippen molar-refractivity contribution in [2.45, 2.75) is 11.9 Å². The molecule has 1 aromatic rings. The highest BCUT2D eigenvalue weighted by Gasteiger charge is 2.00. The van der Waals surface area contributed by atoms with E-state index in [1.807, 2.05) is 12.1 Å². The number of nitrogens with zero attached hydrogens (tertiary/aromatic N) is 1. The van der Waals surface area contributed by atoms with E-state index in [2.05, 4.69) is 22.0 Å². The molecule has 62 valence electrons. The topological polar surface area (TPSA) is 49.8 Å². The Bertz CT molecular complexity index is 315. The van der Waals surface area contributed by atoms with E-state index in [-0.39, 0.29) is 0 Å². The molecule has 0 atom stereocenters. The van der Waals surface area contributed by atoms with E-state index in [1.54, 1.807) is 6.07 Å². The molecule has 2 nitrogen and oxygen atoms in total. The maximum atomic E-state index is 8.62. The quantitative estimate of drug-likeness (QED) is 0.781. The second-order valence-electron chi connectivity index (χ2n) is 2.43. The van der Waals surface area contributed by atoms with Gasteiger partial charge in [0.05, 0.1) is 11.6 Å². The van der Waals surface area contributed by atoms with Crippen LogP contribution in [0.2, 0.25) is 0 Å². The normalized spacial score (nSPS) is 9.42. The van der Waals surface area contributed by atoms with E-state index in [9.17, 15) is 0 Å². The fraction of sp³-hybridized carbons (Fsp3) is 0.222. The van der Waals surface area contributed by atoms with Crippen molar-refractivity contribution in [1.29, 1.82) is 5.26 Å². The number of nitriles is 1. The van der Waals surface area contributed by atoms with E-state index in [0.29, 0.717) is 12.1 Å². The van der Waals surface area contributed by atoms with Gasteiger partial charge in [0.25, 0.3) is 0 Å². The Morgan fingerprint density at radius 2 is 2.17 bits per heavy atom. The van der Waals surface area contributed by atoms with Crippen LogP contribution < -0.4 is 5.73 Å². The first-order valence-corrected chi connectivity index (χ1v) is 4.72. The van der Waals surface area contributed by atoms with Gasteiger partial charge in [-0.3, -0.25) is 0 Å². The molecule has 2 N–H and O–H groups in total. The SMILES string of the molecule is N#Cc1ccc(CBr)c(CN)c1. The Kier molecular flexibility index (Phi) is 3.27. The van der Waals surface area contributed by atoms with Crippen molar-refractivity contribution < 1.29 is 0 Å². The molecule has 0 aromatic heterocycles. The van der Waals surface area contributed by atoms with E-state index < -0.39 is 0 Å². The van der Waals surface area contributed by atoms with Crippen molar-refractivity contribution in [2.24, 2.45) is 5.73 Å². The Morgan fingerprint density at radius 1 is 1.42 bits per heavy atom. The van der Waals surface area contributed by atoms with E-state index >= 15 is 0 Å². The molecule has 0 aliphatic heterocycles. The van der Waals surface area contributed by atoms with Crippen LogP contribution in [0.5, 0.6) is 0 Å². The molecule has 0 saturated carbocycles. The lowest BCUT2D eigenvalue weighted by Gasteiger charge is -2.03. The Morgan fingerprint density at radius 3 is 2.67 bits per heavy atom. The largest absolute Gasteiger partial charge is 0.326 e. The van der Waals surface area contributed by atoms with Gasteiger partial charge in [-0.1, -0.05) is 22.0 Å². The second-order valence-corrected chi connectivity index (χ2v) is 2.99. The standard InChI is InChI=1S/C9H9BrN2/c10-4-8-2-1-7(5-11)3-9(8)6-12/h1-3H,4,6,12H2. The van der Waals surface area contributed by atoms with Crippen LogP contribution >= 0.6 is 15.9 Å². The number of rotatable bonds is 2. The van der Waals surface area contributed by atoms with Crippen molar-refractivity contribution in [3.05, 3.63) is 34.9 Å². The highest BCUT2D eigenvalue weighted by molar-refractivity contribution is 9.08. The van der Waals surface area contributed by atoms with Gasteiger partial charge in [0.1, 0.15) is 0 Å². The highest BCUT2D eigenvalue weighted by Crippen LogP contribution is 2.14. The molecule has 0 unspecified atom stereocenters. The molecule has 1 aromatic carbocycles.